The second-order valence-corrected chi connectivity index (χ2v) is 8.37. The molecule has 1 aromatic heterocycles. The van der Waals surface area contributed by atoms with Crippen LogP contribution in [-0.2, 0) is 16.6 Å². The van der Waals surface area contributed by atoms with Crippen LogP contribution in [0.15, 0.2) is 34.8 Å². The van der Waals surface area contributed by atoms with E-state index in [9.17, 15) is 8.42 Å². The minimum atomic E-state index is -3.22. The lowest BCUT2D eigenvalue weighted by molar-refractivity contribution is 0.607. The van der Waals surface area contributed by atoms with Crippen molar-refractivity contribution >= 4 is 48.7 Å². The summed E-state index contributed by atoms with van der Waals surface area (Å²) in [7, 11) is -3.22. The zero-order chi connectivity index (χ0) is 14.8. The van der Waals surface area contributed by atoms with Crippen LogP contribution in [0.2, 0.25) is 0 Å². The van der Waals surface area contributed by atoms with Crippen LogP contribution in [0.4, 0.5) is 11.4 Å². The number of thiophene rings is 1. The molecule has 1 aromatic carbocycles. The first-order valence-corrected chi connectivity index (χ1v) is 9.40. The maximum atomic E-state index is 11.1. The Morgan fingerprint density at radius 1 is 1.20 bits per heavy atom. The van der Waals surface area contributed by atoms with E-state index in [1.807, 2.05) is 12.1 Å². The van der Waals surface area contributed by atoms with Crippen LogP contribution in [0.25, 0.3) is 0 Å². The average Bonchev–Trinajstić information content (AvgIpc) is 2.66. The van der Waals surface area contributed by atoms with Gasteiger partial charge in [-0.25, -0.2) is 8.42 Å². The van der Waals surface area contributed by atoms with Crippen LogP contribution >= 0.6 is 27.3 Å². The highest BCUT2D eigenvalue weighted by Gasteiger charge is 2.04. The Hall–Kier alpha value is -1.05. The Morgan fingerprint density at radius 3 is 2.30 bits per heavy atom. The summed E-state index contributed by atoms with van der Waals surface area (Å²) in [6, 6.07) is 9.27. The number of benzene rings is 1. The third-order valence-electron chi connectivity index (χ3n) is 2.56. The van der Waals surface area contributed by atoms with Gasteiger partial charge in [-0.2, -0.15) is 0 Å². The normalized spacial score (nSPS) is 11.3. The van der Waals surface area contributed by atoms with Crippen molar-refractivity contribution < 1.29 is 8.42 Å². The average molecular weight is 375 g/mol. The van der Waals surface area contributed by atoms with Gasteiger partial charge in [0.25, 0.3) is 0 Å². The number of rotatable bonds is 5. The molecule has 7 heteroatoms. The van der Waals surface area contributed by atoms with E-state index in [1.165, 1.54) is 9.75 Å². The van der Waals surface area contributed by atoms with Crippen molar-refractivity contribution in [2.24, 2.45) is 0 Å². The van der Waals surface area contributed by atoms with Crippen LogP contribution in [0.3, 0.4) is 0 Å². The van der Waals surface area contributed by atoms with E-state index >= 15 is 0 Å². The fraction of sp³-hybridized carbons (Fsp3) is 0.231. The Kier molecular flexibility index (Phi) is 4.72. The predicted molar refractivity (Wildman–Crippen MR) is 89.0 cm³/mol. The minimum Gasteiger partial charge on any atom is -0.380 e. The van der Waals surface area contributed by atoms with Gasteiger partial charge in [-0.15, -0.1) is 11.3 Å². The molecular weight excluding hydrogens is 360 g/mol. The van der Waals surface area contributed by atoms with Gasteiger partial charge in [0.1, 0.15) is 0 Å². The van der Waals surface area contributed by atoms with E-state index in [2.05, 4.69) is 39.0 Å². The molecule has 0 atom stereocenters. The lowest BCUT2D eigenvalue weighted by atomic mass is 10.3. The van der Waals surface area contributed by atoms with Crippen LogP contribution < -0.4 is 10.0 Å². The lowest BCUT2D eigenvalue weighted by Crippen LogP contribution is -2.09. The third kappa shape index (κ3) is 4.50. The largest absolute Gasteiger partial charge is 0.380 e. The maximum absolute atomic E-state index is 11.1. The number of halogens is 1. The van der Waals surface area contributed by atoms with E-state index in [0.29, 0.717) is 5.69 Å². The first kappa shape index (κ1) is 15.3. The molecule has 1 heterocycles. The van der Waals surface area contributed by atoms with E-state index in [4.69, 9.17) is 0 Å². The lowest BCUT2D eigenvalue weighted by Gasteiger charge is -2.07. The van der Waals surface area contributed by atoms with Gasteiger partial charge >= 0.3 is 0 Å². The summed E-state index contributed by atoms with van der Waals surface area (Å²) in [5.41, 5.74) is 1.51. The molecule has 0 aliphatic carbocycles. The molecule has 0 saturated carbocycles. The summed E-state index contributed by atoms with van der Waals surface area (Å²) < 4.78 is 25.8. The van der Waals surface area contributed by atoms with Gasteiger partial charge in [0.2, 0.25) is 10.0 Å². The zero-order valence-electron chi connectivity index (χ0n) is 11.1. The summed E-state index contributed by atoms with van der Waals surface area (Å²) >= 11 is 5.24. The Morgan fingerprint density at radius 2 is 1.80 bits per heavy atom. The molecule has 0 aliphatic heterocycles. The van der Waals surface area contributed by atoms with E-state index in [0.717, 1.165) is 23.0 Å². The number of anilines is 2. The molecule has 2 aromatic rings. The number of sulfonamides is 1. The molecule has 0 radical (unpaired) electrons. The zero-order valence-corrected chi connectivity index (χ0v) is 14.3. The molecule has 0 saturated heterocycles. The van der Waals surface area contributed by atoms with Gasteiger partial charge < -0.3 is 5.32 Å². The predicted octanol–water partition coefficient (Wildman–Crippen LogP) is 3.80. The first-order valence-electron chi connectivity index (χ1n) is 5.90. The number of hydrogen-bond acceptors (Lipinski definition) is 4. The highest BCUT2D eigenvalue weighted by atomic mass is 79.9. The van der Waals surface area contributed by atoms with Gasteiger partial charge in [0.15, 0.2) is 0 Å². The van der Waals surface area contributed by atoms with Gasteiger partial charge in [-0.05, 0) is 53.2 Å². The molecule has 2 N–H and O–H groups in total. The molecule has 108 valence electrons. The second-order valence-electron chi connectivity index (χ2n) is 4.42. The van der Waals surface area contributed by atoms with Crippen molar-refractivity contribution in [3.05, 3.63) is 44.6 Å². The van der Waals surface area contributed by atoms with Crippen molar-refractivity contribution in [2.75, 3.05) is 16.3 Å². The topological polar surface area (TPSA) is 58.2 Å². The molecule has 0 bridgehead atoms. The van der Waals surface area contributed by atoms with Crippen molar-refractivity contribution in [3.8, 4) is 0 Å². The number of hydrogen-bond donors (Lipinski definition) is 2. The molecule has 0 amide bonds. The van der Waals surface area contributed by atoms with Crippen molar-refractivity contribution in [1.82, 2.24) is 0 Å². The molecular formula is C13H15BrN2O2S2. The summed E-state index contributed by atoms with van der Waals surface area (Å²) in [6.07, 6.45) is 1.14. The third-order valence-corrected chi connectivity index (χ3v) is 5.31. The fourth-order valence-corrected chi connectivity index (χ4v) is 3.77. The smallest absolute Gasteiger partial charge is 0.229 e. The minimum absolute atomic E-state index is 0.563. The Balaban J connectivity index is 1.97. The van der Waals surface area contributed by atoms with Gasteiger partial charge in [-0.1, -0.05) is 0 Å². The molecule has 0 fully saturated rings. The second kappa shape index (κ2) is 6.15. The molecule has 2 rings (SSSR count). The Labute approximate surface area is 131 Å². The summed E-state index contributed by atoms with van der Waals surface area (Å²) in [4.78, 5) is 2.50. The van der Waals surface area contributed by atoms with E-state index < -0.39 is 10.0 Å². The van der Waals surface area contributed by atoms with Crippen LogP contribution in [0, 0.1) is 6.92 Å². The van der Waals surface area contributed by atoms with Crippen LogP contribution in [-0.4, -0.2) is 14.7 Å². The highest BCUT2D eigenvalue weighted by molar-refractivity contribution is 9.10. The van der Waals surface area contributed by atoms with Gasteiger partial charge in [0, 0.05) is 32.1 Å². The quantitative estimate of drug-likeness (QED) is 0.836. The molecule has 20 heavy (non-hydrogen) atoms. The van der Waals surface area contributed by atoms with Crippen LogP contribution in [0.1, 0.15) is 9.75 Å². The SMILES string of the molecule is Cc1sc(CNc2ccc(NS(C)(=O)=O)cc2)cc1Br. The van der Waals surface area contributed by atoms with Crippen LogP contribution in [0.5, 0.6) is 0 Å². The molecule has 0 unspecified atom stereocenters. The van der Waals surface area contributed by atoms with Crippen molar-refractivity contribution in [1.29, 1.82) is 0 Å². The summed E-state index contributed by atoms with van der Waals surface area (Å²) in [6.45, 7) is 2.82. The monoisotopic (exact) mass is 374 g/mol. The fourth-order valence-electron chi connectivity index (χ4n) is 1.66. The summed E-state index contributed by atoms with van der Waals surface area (Å²) in [5.74, 6) is 0. The van der Waals surface area contributed by atoms with Crippen molar-refractivity contribution in [2.45, 2.75) is 13.5 Å². The maximum Gasteiger partial charge on any atom is 0.229 e. The van der Waals surface area contributed by atoms with Gasteiger partial charge in [-0.3, -0.25) is 4.72 Å². The van der Waals surface area contributed by atoms with Crippen molar-refractivity contribution in [3.63, 3.8) is 0 Å². The highest BCUT2D eigenvalue weighted by Crippen LogP contribution is 2.27. The standard InChI is InChI=1S/C13H15BrN2O2S2/c1-9-13(14)7-12(19-9)8-15-10-3-5-11(6-4-10)16-20(2,17)18/h3-7,15-16H,8H2,1-2H3. The molecule has 0 aliphatic rings. The summed E-state index contributed by atoms with van der Waals surface area (Å²) in [5, 5.41) is 3.30. The molecule has 4 nitrogen and oxygen atoms in total. The number of nitrogens with one attached hydrogen (secondary N) is 2. The van der Waals surface area contributed by atoms with E-state index in [1.54, 1.807) is 23.5 Å². The number of aryl methyl sites for hydroxylation is 1. The van der Waals surface area contributed by atoms with E-state index in [-0.39, 0.29) is 0 Å². The van der Waals surface area contributed by atoms with Gasteiger partial charge in [0.05, 0.1) is 6.26 Å². The Bertz CT molecular complexity index is 674. The molecule has 0 spiro atoms. The first-order chi connectivity index (χ1) is 9.33.